The standard InChI is InChI=1S/C19H21ClN2O4S/c1-26-15-6-4-14(5-7-15)13-21-19(23)17-12-16(8-9-18(17)20)27(24,25)22-10-2-3-11-22/h4-9,12H,2-3,10-11,13H2,1H3,(H,21,23). The molecule has 3 rings (SSSR count). The third-order valence-electron chi connectivity index (χ3n) is 4.50. The van der Waals surface area contributed by atoms with Crippen molar-refractivity contribution in [2.24, 2.45) is 0 Å². The highest BCUT2D eigenvalue weighted by Gasteiger charge is 2.28. The number of benzene rings is 2. The van der Waals surface area contributed by atoms with Gasteiger partial charge in [-0.3, -0.25) is 4.79 Å². The monoisotopic (exact) mass is 408 g/mol. The van der Waals surface area contributed by atoms with Crippen LogP contribution in [0.5, 0.6) is 5.75 Å². The first-order valence-corrected chi connectivity index (χ1v) is 10.4. The molecular weight excluding hydrogens is 388 g/mol. The van der Waals surface area contributed by atoms with E-state index in [1.807, 2.05) is 12.1 Å². The van der Waals surface area contributed by atoms with Crippen LogP contribution in [0.3, 0.4) is 0 Å². The minimum Gasteiger partial charge on any atom is -0.497 e. The molecule has 2 aromatic rings. The van der Waals surface area contributed by atoms with Gasteiger partial charge >= 0.3 is 0 Å². The predicted molar refractivity (Wildman–Crippen MR) is 104 cm³/mol. The second-order valence-electron chi connectivity index (χ2n) is 6.28. The molecule has 0 atom stereocenters. The van der Waals surface area contributed by atoms with E-state index in [4.69, 9.17) is 16.3 Å². The van der Waals surface area contributed by atoms with Crippen molar-refractivity contribution >= 4 is 27.5 Å². The van der Waals surface area contributed by atoms with Crippen LogP contribution in [0.2, 0.25) is 5.02 Å². The lowest BCUT2D eigenvalue weighted by molar-refractivity contribution is 0.0951. The van der Waals surface area contributed by atoms with Crippen molar-refractivity contribution in [1.29, 1.82) is 0 Å². The van der Waals surface area contributed by atoms with Crippen molar-refractivity contribution in [3.63, 3.8) is 0 Å². The zero-order valence-corrected chi connectivity index (χ0v) is 16.5. The van der Waals surface area contributed by atoms with E-state index in [0.29, 0.717) is 19.6 Å². The van der Waals surface area contributed by atoms with Gasteiger partial charge in [-0.05, 0) is 48.7 Å². The highest BCUT2D eigenvalue weighted by molar-refractivity contribution is 7.89. The number of hydrogen-bond donors (Lipinski definition) is 1. The lowest BCUT2D eigenvalue weighted by Gasteiger charge is -2.16. The molecule has 0 aliphatic carbocycles. The Balaban J connectivity index is 1.75. The lowest BCUT2D eigenvalue weighted by atomic mass is 10.2. The highest BCUT2D eigenvalue weighted by Crippen LogP contribution is 2.25. The number of carbonyl (C=O) groups excluding carboxylic acids is 1. The van der Waals surface area contributed by atoms with E-state index < -0.39 is 15.9 Å². The van der Waals surface area contributed by atoms with E-state index in [1.165, 1.54) is 22.5 Å². The molecule has 6 nitrogen and oxygen atoms in total. The van der Waals surface area contributed by atoms with Crippen LogP contribution in [0, 0.1) is 0 Å². The molecule has 0 unspecified atom stereocenters. The van der Waals surface area contributed by atoms with Gasteiger partial charge < -0.3 is 10.1 Å². The number of halogens is 1. The van der Waals surface area contributed by atoms with E-state index in [2.05, 4.69) is 5.32 Å². The van der Waals surface area contributed by atoms with Crippen LogP contribution in [-0.2, 0) is 16.6 Å². The van der Waals surface area contributed by atoms with Crippen molar-refractivity contribution in [3.05, 3.63) is 58.6 Å². The summed E-state index contributed by atoms with van der Waals surface area (Å²) < 4.78 is 31.9. The summed E-state index contributed by atoms with van der Waals surface area (Å²) in [6.07, 6.45) is 1.70. The zero-order valence-electron chi connectivity index (χ0n) is 14.9. The SMILES string of the molecule is COc1ccc(CNC(=O)c2cc(S(=O)(=O)N3CCCC3)ccc2Cl)cc1. The zero-order chi connectivity index (χ0) is 19.4. The summed E-state index contributed by atoms with van der Waals surface area (Å²) in [7, 11) is -2.02. The number of rotatable bonds is 6. The molecule has 1 N–H and O–H groups in total. The molecule has 0 saturated carbocycles. The molecule has 8 heteroatoms. The van der Waals surface area contributed by atoms with E-state index in [9.17, 15) is 13.2 Å². The van der Waals surface area contributed by atoms with E-state index in [0.717, 1.165) is 24.2 Å². The van der Waals surface area contributed by atoms with Gasteiger partial charge in [-0.15, -0.1) is 0 Å². The fraction of sp³-hybridized carbons (Fsp3) is 0.316. The number of ether oxygens (including phenoxy) is 1. The highest BCUT2D eigenvalue weighted by atomic mass is 35.5. The summed E-state index contributed by atoms with van der Waals surface area (Å²) in [6, 6.07) is 11.5. The van der Waals surface area contributed by atoms with Gasteiger partial charge in [0.2, 0.25) is 10.0 Å². The van der Waals surface area contributed by atoms with E-state index in [1.54, 1.807) is 19.2 Å². The molecule has 1 aliphatic rings. The van der Waals surface area contributed by atoms with Crippen molar-refractivity contribution < 1.29 is 17.9 Å². The molecule has 0 aromatic heterocycles. The lowest BCUT2D eigenvalue weighted by Crippen LogP contribution is -2.28. The van der Waals surface area contributed by atoms with Crippen molar-refractivity contribution in [2.45, 2.75) is 24.3 Å². The average Bonchev–Trinajstić information content (AvgIpc) is 3.22. The first-order chi connectivity index (χ1) is 12.9. The molecule has 1 fully saturated rings. The molecule has 1 aliphatic heterocycles. The fourth-order valence-electron chi connectivity index (χ4n) is 2.94. The van der Waals surface area contributed by atoms with E-state index >= 15 is 0 Å². The number of methoxy groups -OCH3 is 1. The van der Waals surface area contributed by atoms with Gasteiger partial charge in [0.25, 0.3) is 5.91 Å². The third kappa shape index (κ3) is 4.43. The summed E-state index contributed by atoms with van der Waals surface area (Å²) >= 11 is 6.14. The van der Waals surface area contributed by atoms with E-state index in [-0.39, 0.29) is 15.5 Å². The molecule has 27 heavy (non-hydrogen) atoms. The quantitative estimate of drug-likeness (QED) is 0.797. The molecule has 1 amide bonds. The maximum Gasteiger partial charge on any atom is 0.253 e. The molecule has 144 valence electrons. The Hall–Kier alpha value is -2.09. The summed E-state index contributed by atoms with van der Waals surface area (Å²) in [5, 5.41) is 2.98. The Morgan fingerprint density at radius 3 is 2.44 bits per heavy atom. The molecule has 2 aromatic carbocycles. The molecule has 1 saturated heterocycles. The molecule has 0 bridgehead atoms. The Bertz CT molecular complexity index is 923. The summed E-state index contributed by atoms with van der Waals surface area (Å²) in [4.78, 5) is 12.6. The van der Waals surface area contributed by atoms with Crippen LogP contribution in [0.15, 0.2) is 47.4 Å². The minimum absolute atomic E-state index is 0.0865. The van der Waals surface area contributed by atoms with Crippen molar-refractivity contribution in [3.8, 4) is 5.75 Å². The maximum atomic E-state index is 12.7. The second-order valence-corrected chi connectivity index (χ2v) is 8.63. The van der Waals surface area contributed by atoms with Gasteiger partial charge in [-0.1, -0.05) is 23.7 Å². The first-order valence-electron chi connectivity index (χ1n) is 8.62. The minimum atomic E-state index is -3.61. The van der Waals surface area contributed by atoms with Gasteiger partial charge in [-0.25, -0.2) is 8.42 Å². The molecule has 0 radical (unpaired) electrons. The number of sulfonamides is 1. The van der Waals surface area contributed by atoms with Crippen molar-refractivity contribution in [1.82, 2.24) is 9.62 Å². The number of nitrogens with one attached hydrogen (secondary N) is 1. The second kappa shape index (κ2) is 8.29. The Kier molecular flexibility index (Phi) is 6.04. The molecule has 1 heterocycles. The Morgan fingerprint density at radius 2 is 1.81 bits per heavy atom. The van der Waals surface area contributed by atoms with Gasteiger partial charge in [-0.2, -0.15) is 4.31 Å². The van der Waals surface area contributed by atoms with Crippen LogP contribution in [0.1, 0.15) is 28.8 Å². The number of hydrogen-bond acceptors (Lipinski definition) is 4. The van der Waals surface area contributed by atoms with Crippen LogP contribution in [0.4, 0.5) is 0 Å². The summed E-state index contributed by atoms with van der Waals surface area (Å²) in [5.74, 6) is 0.308. The predicted octanol–water partition coefficient (Wildman–Crippen LogP) is 3.06. The molecular formula is C19H21ClN2O4S. The Morgan fingerprint density at radius 1 is 1.15 bits per heavy atom. The normalized spacial score (nSPS) is 14.9. The van der Waals surface area contributed by atoms with Crippen molar-refractivity contribution in [2.75, 3.05) is 20.2 Å². The number of carbonyl (C=O) groups is 1. The first kappa shape index (κ1) is 19.7. The van der Waals surface area contributed by atoms with Crippen LogP contribution in [-0.4, -0.2) is 38.8 Å². The van der Waals surface area contributed by atoms with Crippen LogP contribution in [0.25, 0.3) is 0 Å². The number of amides is 1. The maximum absolute atomic E-state index is 12.7. The van der Waals surface area contributed by atoms with Gasteiger partial charge in [0.1, 0.15) is 5.75 Å². The number of nitrogens with zero attached hydrogens (tertiary/aromatic N) is 1. The van der Waals surface area contributed by atoms with Crippen LogP contribution >= 0.6 is 11.6 Å². The summed E-state index contributed by atoms with van der Waals surface area (Å²) in [6.45, 7) is 1.30. The largest absolute Gasteiger partial charge is 0.497 e. The fourth-order valence-corrected chi connectivity index (χ4v) is 4.68. The smallest absolute Gasteiger partial charge is 0.253 e. The molecule has 0 spiro atoms. The average molecular weight is 409 g/mol. The van der Waals surface area contributed by atoms with Crippen LogP contribution < -0.4 is 10.1 Å². The van der Waals surface area contributed by atoms with Gasteiger partial charge in [0, 0.05) is 19.6 Å². The Labute approximate surface area is 164 Å². The topological polar surface area (TPSA) is 75.7 Å². The summed E-state index contributed by atoms with van der Waals surface area (Å²) in [5.41, 5.74) is 1.03. The third-order valence-corrected chi connectivity index (χ3v) is 6.72. The van der Waals surface area contributed by atoms with Gasteiger partial charge in [0.15, 0.2) is 0 Å². The van der Waals surface area contributed by atoms with Gasteiger partial charge in [0.05, 0.1) is 22.6 Å².